The summed E-state index contributed by atoms with van der Waals surface area (Å²) in [4.78, 5) is 13.8. The predicted molar refractivity (Wildman–Crippen MR) is 68.5 cm³/mol. The maximum absolute atomic E-state index is 11.7. The predicted octanol–water partition coefficient (Wildman–Crippen LogP) is 0.829. The van der Waals surface area contributed by atoms with Gasteiger partial charge in [-0.15, -0.1) is 0 Å². The molecule has 0 aromatic carbocycles. The molecule has 2 N–H and O–H groups in total. The number of nitrogens with zero attached hydrogens (tertiary/aromatic N) is 1. The van der Waals surface area contributed by atoms with Gasteiger partial charge in [-0.2, -0.15) is 0 Å². The number of amides is 1. The SMILES string of the molecule is CC(C)NC(=O)C(C)NCC(C)(C)N(C)C. The van der Waals surface area contributed by atoms with Gasteiger partial charge in [-0.3, -0.25) is 4.79 Å². The van der Waals surface area contributed by atoms with Crippen LogP contribution in [-0.4, -0.2) is 49.1 Å². The fraction of sp³-hybridized carbons (Fsp3) is 0.917. The van der Waals surface area contributed by atoms with Crippen molar-refractivity contribution in [2.45, 2.75) is 52.2 Å². The van der Waals surface area contributed by atoms with Gasteiger partial charge in [0.25, 0.3) is 0 Å². The minimum Gasteiger partial charge on any atom is -0.353 e. The Hall–Kier alpha value is -0.610. The van der Waals surface area contributed by atoms with Crippen LogP contribution in [0.5, 0.6) is 0 Å². The van der Waals surface area contributed by atoms with Crippen molar-refractivity contribution in [3.05, 3.63) is 0 Å². The van der Waals surface area contributed by atoms with Gasteiger partial charge in [0.1, 0.15) is 0 Å². The summed E-state index contributed by atoms with van der Waals surface area (Å²) in [5.41, 5.74) is 0.0480. The molecule has 1 atom stereocenters. The summed E-state index contributed by atoms with van der Waals surface area (Å²) in [5.74, 6) is 0.0598. The van der Waals surface area contributed by atoms with Crippen molar-refractivity contribution in [2.24, 2.45) is 0 Å². The molecule has 0 aromatic rings. The lowest BCUT2D eigenvalue weighted by atomic mass is 10.0. The maximum Gasteiger partial charge on any atom is 0.237 e. The molecular weight excluding hydrogens is 202 g/mol. The van der Waals surface area contributed by atoms with Gasteiger partial charge in [0, 0.05) is 18.1 Å². The molecule has 1 amide bonds. The third-order valence-corrected chi connectivity index (χ3v) is 2.88. The first kappa shape index (κ1) is 15.4. The normalized spacial score (nSPS) is 14.3. The van der Waals surface area contributed by atoms with Gasteiger partial charge in [0.05, 0.1) is 6.04 Å². The van der Waals surface area contributed by atoms with Crippen molar-refractivity contribution < 1.29 is 4.79 Å². The Bertz CT molecular complexity index is 224. The Balaban J connectivity index is 4.07. The minimum absolute atomic E-state index is 0.0480. The molecule has 0 saturated carbocycles. The number of nitrogens with one attached hydrogen (secondary N) is 2. The first-order valence-electron chi connectivity index (χ1n) is 5.88. The van der Waals surface area contributed by atoms with E-state index in [9.17, 15) is 4.79 Å². The molecular formula is C12H27N3O. The zero-order valence-corrected chi connectivity index (χ0v) is 11.7. The summed E-state index contributed by atoms with van der Waals surface area (Å²) in [7, 11) is 4.08. The highest BCUT2D eigenvalue weighted by atomic mass is 16.2. The van der Waals surface area contributed by atoms with E-state index in [1.54, 1.807) is 0 Å². The first-order chi connectivity index (χ1) is 7.16. The zero-order valence-electron chi connectivity index (χ0n) is 11.7. The number of hydrogen-bond acceptors (Lipinski definition) is 3. The molecule has 0 spiro atoms. The highest BCUT2D eigenvalue weighted by molar-refractivity contribution is 5.81. The smallest absolute Gasteiger partial charge is 0.237 e. The maximum atomic E-state index is 11.7. The molecule has 0 rings (SSSR count). The van der Waals surface area contributed by atoms with Gasteiger partial charge < -0.3 is 15.5 Å². The third kappa shape index (κ3) is 5.47. The molecule has 0 aliphatic heterocycles. The number of hydrogen-bond donors (Lipinski definition) is 2. The zero-order chi connectivity index (χ0) is 12.9. The first-order valence-corrected chi connectivity index (χ1v) is 5.88. The molecule has 16 heavy (non-hydrogen) atoms. The second-order valence-electron chi connectivity index (χ2n) is 5.47. The molecule has 96 valence electrons. The van der Waals surface area contributed by atoms with Gasteiger partial charge in [-0.05, 0) is 48.7 Å². The molecule has 0 radical (unpaired) electrons. The monoisotopic (exact) mass is 229 g/mol. The van der Waals surface area contributed by atoms with Crippen molar-refractivity contribution >= 4 is 5.91 Å². The van der Waals surface area contributed by atoms with E-state index in [-0.39, 0.29) is 23.5 Å². The number of carbonyl (C=O) groups is 1. The van der Waals surface area contributed by atoms with E-state index < -0.39 is 0 Å². The summed E-state index contributed by atoms with van der Waals surface area (Å²) in [6.45, 7) is 10.9. The summed E-state index contributed by atoms with van der Waals surface area (Å²) in [6, 6.07) is 0.0419. The molecule has 0 bridgehead atoms. The van der Waals surface area contributed by atoms with Crippen LogP contribution < -0.4 is 10.6 Å². The molecule has 4 heteroatoms. The molecule has 1 unspecified atom stereocenters. The highest BCUT2D eigenvalue weighted by Crippen LogP contribution is 2.08. The molecule has 0 aliphatic rings. The van der Waals surface area contributed by atoms with Gasteiger partial charge in [-0.1, -0.05) is 0 Å². The lowest BCUT2D eigenvalue weighted by Gasteiger charge is -2.33. The van der Waals surface area contributed by atoms with E-state index in [1.165, 1.54) is 0 Å². The van der Waals surface area contributed by atoms with E-state index in [0.29, 0.717) is 0 Å². The van der Waals surface area contributed by atoms with Crippen LogP contribution >= 0.6 is 0 Å². The average molecular weight is 229 g/mol. The van der Waals surface area contributed by atoms with Crippen LogP contribution in [0.25, 0.3) is 0 Å². The Kier molecular flexibility index (Phi) is 5.97. The molecule has 0 aliphatic carbocycles. The average Bonchev–Trinajstić information content (AvgIpc) is 2.12. The summed E-state index contributed by atoms with van der Waals surface area (Å²) in [5, 5.41) is 6.15. The van der Waals surface area contributed by atoms with Crippen LogP contribution in [0.2, 0.25) is 0 Å². The lowest BCUT2D eigenvalue weighted by molar-refractivity contribution is -0.123. The largest absolute Gasteiger partial charge is 0.353 e. The van der Waals surface area contributed by atoms with Crippen molar-refractivity contribution in [1.82, 2.24) is 15.5 Å². The van der Waals surface area contributed by atoms with Crippen LogP contribution in [0.3, 0.4) is 0 Å². The van der Waals surface area contributed by atoms with Gasteiger partial charge in [0.15, 0.2) is 0 Å². The van der Waals surface area contributed by atoms with E-state index in [2.05, 4.69) is 29.4 Å². The van der Waals surface area contributed by atoms with E-state index >= 15 is 0 Å². The second-order valence-corrected chi connectivity index (χ2v) is 5.47. The summed E-state index contributed by atoms with van der Waals surface area (Å²) < 4.78 is 0. The van der Waals surface area contributed by atoms with Crippen molar-refractivity contribution in [3.63, 3.8) is 0 Å². The second kappa shape index (κ2) is 6.21. The van der Waals surface area contributed by atoms with Crippen LogP contribution in [0.4, 0.5) is 0 Å². The standard InChI is InChI=1S/C12H27N3O/c1-9(2)14-11(16)10(3)13-8-12(4,5)15(6)7/h9-10,13H,8H2,1-7H3,(H,14,16). The van der Waals surface area contributed by atoms with Crippen LogP contribution in [0, 0.1) is 0 Å². The molecule has 4 nitrogen and oxygen atoms in total. The fourth-order valence-electron chi connectivity index (χ4n) is 1.06. The Morgan fingerprint density at radius 1 is 1.25 bits per heavy atom. The van der Waals surface area contributed by atoms with Crippen molar-refractivity contribution in [3.8, 4) is 0 Å². The quantitative estimate of drug-likeness (QED) is 0.709. The lowest BCUT2D eigenvalue weighted by Crippen LogP contribution is -2.52. The van der Waals surface area contributed by atoms with Gasteiger partial charge >= 0.3 is 0 Å². The summed E-state index contributed by atoms with van der Waals surface area (Å²) in [6.07, 6.45) is 0. The van der Waals surface area contributed by atoms with Crippen molar-refractivity contribution in [1.29, 1.82) is 0 Å². The summed E-state index contributed by atoms with van der Waals surface area (Å²) >= 11 is 0. The van der Waals surface area contributed by atoms with E-state index in [0.717, 1.165) is 6.54 Å². The number of likely N-dealkylation sites (N-methyl/N-ethyl adjacent to an activating group) is 1. The minimum atomic E-state index is -0.151. The number of rotatable bonds is 6. The molecule has 0 fully saturated rings. The Morgan fingerprint density at radius 2 is 1.75 bits per heavy atom. The Labute approximate surface area is 99.8 Å². The van der Waals surface area contributed by atoms with E-state index in [1.807, 2.05) is 34.9 Å². The third-order valence-electron chi connectivity index (χ3n) is 2.88. The van der Waals surface area contributed by atoms with E-state index in [4.69, 9.17) is 0 Å². The molecule has 0 saturated heterocycles. The van der Waals surface area contributed by atoms with Crippen LogP contribution in [0.1, 0.15) is 34.6 Å². The Morgan fingerprint density at radius 3 is 2.12 bits per heavy atom. The van der Waals surface area contributed by atoms with Crippen LogP contribution in [0.15, 0.2) is 0 Å². The topological polar surface area (TPSA) is 44.4 Å². The van der Waals surface area contributed by atoms with Gasteiger partial charge in [-0.25, -0.2) is 0 Å². The molecule has 0 aromatic heterocycles. The fourth-order valence-corrected chi connectivity index (χ4v) is 1.06. The van der Waals surface area contributed by atoms with Crippen LogP contribution in [-0.2, 0) is 4.79 Å². The highest BCUT2D eigenvalue weighted by Gasteiger charge is 2.22. The van der Waals surface area contributed by atoms with Crippen molar-refractivity contribution in [2.75, 3.05) is 20.6 Å². The van der Waals surface area contributed by atoms with Gasteiger partial charge in [0.2, 0.25) is 5.91 Å². The molecule has 0 heterocycles. The number of carbonyl (C=O) groups excluding carboxylic acids is 1.